The Labute approximate surface area is 100 Å². The summed E-state index contributed by atoms with van der Waals surface area (Å²) in [6.45, 7) is 0.255. The van der Waals surface area contributed by atoms with Crippen molar-refractivity contribution in [1.82, 2.24) is 20.2 Å². The third-order valence-electron chi connectivity index (χ3n) is 2.42. The van der Waals surface area contributed by atoms with E-state index >= 15 is 0 Å². The van der Waals surface area contributed by atoms with E-state index in [0.29, 0.717) is 5.56 Å². The number of tetrazole rings is 1. The molecule has 1 unspecified atom stereocenters. The van der Waals surface area contributed by atoms with Gasteiger partial charge in [0.25, 0.3) is 0 Å². The first-order chi connectivity index (χ1) is 8.47. The van der Waals surface area contributed by atoms with Gasteiger partial charge in [-0.05, 0) is 22.9 Å². The van der Waals surface area contributed by atoms with Gasteiger partial charge in [-0.25, -0.2) is 0 Å². The van der Waals surface area contributed by atoms with E-state index in [0.717, 1.165) is 12.1 Å². The average molecular weight is 257 g/mol. The summed E-state index contributed by atoms with van der Waals surface area (Å²) in [5.41, 5.74) is 5.72. The number of nitrogens with two attached hydrogens (primary N) is 1. The number of rotatable bonds is 3. The number of benzene rings is 1. The molecule has 0 saturated heterocycles. The summed E-state index contributed by atoms with van der Waals surface area (Å²) in [6.07, 6.45) is -3.07. The largest absolute Gasteiger partial charge is 0.416 e. The number of hydrogen-bond acceptors (Lipinski definition) is 4. The molecule has 1 heterocycles. The highest BCUT2D eigenvalue weighted by Crippen LogP contribution is 2.29. The van der Waals surface area contributed by atoms with Crippen molar-refractivity contribution in [3.8, 4) is 0 Å². The molecule has 96 valence electrons. The summed E-state index contributed by atoms with van der Waals surface area (Å²) in [5, 5.41) is 10.9. The molecule has 2 aromatic rings. The summed E-state index contributed by atoms with van der Waals surface area (Å²) < 4.78 is 37.1. The van der Waals surface area contributed by atoms with Crippen LogP contribution in [0.2, 0.25) is 0 Å². The molecule has 0 spiro atoms. The lowest BCUT2D eigenvalue weighted by Gasteiger charge is -2.12. The minimum absolute atomic E-state index is 0.255. The number of alkyl halides is 3. The van der Waals surface area contributed by atoms with Gasteiger partial charge in [-0.15, -0.1) is 10.2 Å². The van der Waals surface area contributed by atoms with Crippen LogP contribution in [-0.4, -0.2) is 20.2 Å². The second-order valence-electron chi connectivity index (χ2n) is 3.72. The third-order valence-corrected chi connectivity index (χ3v) is 2.42. The van der Waals surface area contributed by atoms with Crippen LogP contribution >= 0.6 is 0 Å². The first kappa shape index (κ1) is 12.5. The number of halogens is 3. The topological polar surface area (TPSA) is 69.6 Å². The molecule has 0 saturated carbocycles. The van der Waals surface area contributed by atoms with Crippen molar-refractivity contribution >= 4 is 0 Å². The smallest absolute Gasteiger partial charge is 0.322 e. The maximum Gasteiger partial charge on any atom is 0.416 e. The molecular formula is C10H10F3N5. The molecule has 0 bridgehead atoms. The molecular weight excluding hydrogens is 247 g/mol. The molecule has 5 nitrogen and oxygen atoms in total. The van der Waals surface area contributed by atoms with E-state index in [1.807, 2.05) is 0 Å². The van der Waals surface area contributed by atoms with Gasteiger partial charge in [-0.2, -0.15) is 18.0 Å². The van der Waals surface area contributed by atoms with Crippen LogP contribution < -0.4 is 5.73 Å². The summed E-state index contributed by atoms with van der Waals surface area (Å²) in [4.78, 5) is 1.28. The molecule has 0 radical (unpaired) electrons. The highest BCUT2D eigenvalue weighted by molar-refractivity contribution is 5.26. The van der Waals surface area contributed by atoms with Crippen LogP contribution in [-0.2, 0) is 12.7 Å². The Morgan fingerprint density at radius 2 is 1.89 bits per heavy atom. The Morgan fingerprint density at radius 1 is 1.22 bits per heavy atom. The number of aromatic nitrogens is 4. The van der Waals surface area contributed by atoms with Gasteiger partial charge in [0.15, 0.2) is 6.33 Å². The van der Waals surface area contributed by atoms with E-state index < -0.39 is 17.8 Å². The molecule has 0 aliphatic carbocycles. The Balaban J connectivity index is 2.10. The highest BCUT2D eigenvalue weighted by atomic mass is 19.4. The van der Waals surface area contributed by atoms with E-state index in [1.165, 1.54) is 23.3 Å². The molecule has 18 heavy (non-hydrogen) atoms. The predicted molar refractivity (Wildman–Crippen MR) is 56.2 cm³/mol. The van der Waals surface area contributed by atoms with Crippen LogP contribution in [0.3, 0.4) is 0 Å². The Kier molecular flexibility index (Phi) is 3.28. The molecule has 0 aliphatic heterocycles. The van der Waals surface area contributed by atoms with E-state index in [4.69, 9.17) is 5.73 Å². The van der Waals surface area contributed by atoms with Crippen molar-refractivity contribution in [2.24, 2.45) is 5.73 Å². The fraction of sp³-hybridized carbons (Fsp3) is 0.300. The minimum Gasteiger partial charge on any atom is -0.322 e. The second-order valence-corrected chi connectivity index (χ2v) is 3.72. The average Bonchev–Trinajstić information content (AvgIpc) is 2.81. The molecule has 1 aromatic heterocycles. The SMILES string of the molecule is NC(Cn1ncnn1)c1ccc(C(F)(F)F)cc1. The predicted octanol–water partition coefficient (Wildman–Crippen LogP) is 1.39. The lowest BCUT2D eigenvalue weighted by molar-refractivity contribution is -0.137. The molecule has 0 fully saturated rings. The van der Waals surface area contributed by atoms with Crippen LogP contribution in [0.25, 0.3) is 0 Å². The Hall–Kier alpha value is -1.96. The normalized spacial score (nSPS) is 13.6. The van der Waals surface area contributed by atoms with Crippen molar-refractivity contribution in [3.05, 3.63) is 41.7 Å². The second kappa shape index (κ2) is 4.73. The maximum absolute atomic E-state index is 12.4. The zero-order chi connectivity index (χ0) is 13.2. The standard InChI is InChI=1S/C10H10F3N5/c11-10(12,13)8-3-1-7(2-4-8)9(14)5-18-16-6-15-17-18/h1-4,6,9H,5,14H2. The summed E-state index contributed by atoms with van der Waals surface area (Å²) >= 11 is 0. The van der Waals surface area contributed by atoms with Gasteiger partial charge in [0.1, 0.15) is 0 Å². The van der Waals surface area contributed by atoms with Crippen molar-refractivity contribution in [1.29, 1.82) is 0 Å². The molecule has 8 heteroatoms. The number of hydrogen-bond donors (Lipinski definition) is 1. The lowest BCUT2D eigenvalue weighted by Crippen LogP contribution is -2.19. The van der Waals surface area contributed by atoms with Crippen molar-refractivity contribution in [3.63, 3.8) is 0 Å². The van der Waals surface area contributed by atoms with Gasteiger partial charge >= 0.3 is 6.18 Å². The van der Waals surface area contributed by atoms with Crippen LogP contribution in [0.15, 0.2) is 30.6 Å². The Bertz CT molecular complexity index is 491. The summed E-state index contributed by atoms with van der Waals surface area (Å²) in [6, 6.07) is 4.23. The quantitative estimate of drug-likeness (QED) is 0.902. The number of nitrogens with zero attached hydrogens (tertiary/aromatic N) is 4. The van der Waals surface area contributed by atoms with Crippen molar-refractivity contribution < 1.29 is 13.2 Å². The highest BCUT2D eigenvalue weighted by Gasteiger charge is 2.30. The molecule has 1 aromatic carbocycles. The summed E-state index contributed by atoms with van der Waals surface area (Å²) in [7, 11) is 0. The monoisotopic (exact) mass is 257 g/mol. The van der Waals surface area contributed by atoms with Gasteiger partial charge in [0.2, 0.25) is 0 Å². The molecule has 0 amide bonds. The van der Waals surface area contributed by atoms with Gasteiger partial charge < -0.3 is 5.73 Å². The maximum atomic E-state index is 12.4. The first-order valence-electron chi connectivity index (χ1n) is 5.10. The minimum atomic E-state index is -4.34. The summed E-state index contributed by atoms with van der Waals surface area (Å²) in [5.74, 6) is 0. The molecule has 2 N–H and O–H groups in total. The first-order valence-corrected chi connectivity index (χ1v) is 5.10. The van der Waals surface area contributed by atoms with E-state index in [2.05, 4.69) is 15.4 Å². The van der Waals surface area contributed by atoms with Gasteiger partial charge in [0.05, 0.1) is 18.2 Å². The van der Waals surface area contributed by atoms with Gasteiger partial charge in [-0.1, -0.05) is 12.1 Å². The fourth-order valence-corrected chi connectivity index (χ4v) is 1.47. The van der Waals surface area contributed by atoms with E-state index in [9.17, 15) is 13.2 Å². The van der Waals surface area contributed by atoms with Gasteiger partial charge in [0, 0.05) is 0 Å². The molecule has 1 atom stereocenters. The Morgan fingerprint density at radius 3 is 2.39 bits per heavy atom. The lowest BCUT2D eigenvalue weighted by atomic mass is 10.1. The van der Waals surface area contributed by atoms with Crippen LogP contribution in [0.4, 0.5) is 13.2 Å². The van der Waals surface area contributed by atoms with E-state index in [1.54, 1.807) is 0 Å². The van der Waals surface area contributed by atoms with Crippen LogP contribution in [0.5, 0.6) is 0 Å². The third kappa shape index (κ3) is 2.83. The van der Waals surface area contributed by atoms with Crippen LogP contribution in [0, 0.1) is 0 Å². The molecule has 0 aliphatic rings. The van der Waals surface area contributed by atoms with Crippen molar-refractivity contribution in [2.45, 2.75) is 18.8 Å². The zero-order valence-corrected chi connectivity index (χ0v) is 9.17. The zero-order valence-electron chi connectivity index (χ0n) is 9.17. The van der Waals surface area contributed by atoms with Gasteiger partial charge in [-0.3, -0.25) is 0 Å². The fourth-order valence-electron chi connectivity index (χ4n) is 1.47. The van der Waals surface area contributed by atoms with E-state index in [-0.39, 0.29) is 6.54 Å². The van der Waals surface area contributed by atoms with Crippen LogP contribution in [0.1, 0.15) is 17.2 Å². The van der Waals surface area contributed by atoms with Crippen molar-refractivity contribution in [2.75, 3.05) is 0 Å². The molecule has 2 rings (SSSR count).